The van der Waals surface area contributed by atoms with E-state index >= 15 is 0 Å². The van der Waals surface area contributed by atoms with E-state index in [-0.39, 0.29) is 17.5 Å². The monoisotopic (exact) mass is 431 g/mol. The van der Waals surface area contributed by atoms with E-state index < -0.39 is 19.0 Å². The van der Waals surface area contributed by atoms with E-state index in [0.717, 1.165) is 31.4 Å². The smallest absolute Gasteiger partial charge is 0.282 e. The SMILES string of the molecule is C[C@@H](CCCNC(=O)c1nc(OCC2CC2)ccc1N1CC(F)(F)C1)c1cccnn1. The van der Waals surface area contributed by atoms with Gasteiger partial charge >= 0.3 is 0 Å². The van der Waals surface area contributed by atoms with Crippen LogP contribution in [0.2, 0.25) is 0 Å². The van der Waals surface area contributed by atoms with Gasteiger partial charge in [-0.15, -0.1) is 0 Å². The quantitative estimate of drug-likeness (QED) is 0.581. The second-order valence-corrected chi connectivity index (χ2v) is 8.43. The van der Waals surface area contributed by atoms with Gasteiger partial charge in [-0.05, 0) is 49.8 Å². The van der Waals surface area contributed by atoms with Gasteiger partial charge in [0.25, 0.3) is 11.8 Å². The molecule has 1 aliphatic carbocycles. The van der Waals surface area contributed by atoms with Crippen LogP contribution in [0.3, 0.4) is 0 Å². The van der Waals surface area contributed by atoms with Crippen LogP contribution in [0.5, 0.6) is 5.88 Å². The molecule has 1 atom stereocenters. The number of halogens is 2. The predicted molar refractivity (Wildman–Crippen MR) is 112 cm³/mol. The van der Waals surface area contributed by atoms with Crippen LogP contribution in [-0.2, 0) is 0 Å². The molecule has 2 fully saturated rings. The maximum absolute atomic E-state index is 13.4. The summed E-state index contributed by atoms with van der Waals surface area (Å²) in [7, 11) is 0. The highest BCUT2D eigenvalue weighted by atomic mass is 19.3. The van der Waals surface area contributed by atoms with Crippen LogP contribution in [0, 0.1) is 5.92 Å². The van der Waals surface area contributed by atoms with Crippen LogP contribution in [0.15, 0.2) is 30.5 Å². The molecule has 0 spiro atoms. The minimum Gasteiger partial charge on any atom is -0.477 e. The van der Waals surface area contributed by atoms with Crippen LogP contribution < -0.4 is 15.0 Å². The number of hydrogen-bond donors (Lipinski definition) is 1. The van der Waals surface area contributed by atoms with Crippen LogP contribution in [-0.4, -0.2) is 53.3 Å². The minimum atomic E-state index is -2.73. The van der Waals surface area contributed by atoms with E-state index in [1.165, 1.54) is 4.90 Å². The zero-order valence-electron chi connectivity index (χ0n) is 17.6. The van der Waals surface area contributed by atoms with E-state index in [1.54, 1.807) is 18.3 Å². The van der Waals surface area contributed by atoms with Gasteiger partial charge in [-0.3, -0.25) is 4.79 Å². The number of rotatable bonds is 10. The summed E-state index contributed by atoms with van der Waals surface area (Å²) < 4.78 is 32.4. The molecule has 2 aromatic heterocycles. The average Bonchev–Trinajstić information content (AvgIpc) is 3.58. The molecular weight excluding hydrogens is 404 g/mol. The number of ether oxygens (including phenoxy) is 1. The lowest BCUT2D eigenvalue weighted by Gasteiger charge is -2.40. The number of hydrogen-bond acceptors (Lipinski definition) is 6. The van der Waals surface area contributed by atoms with Crippen molar-refractivity contribution in [3.8, 4) is 5.88 Å². The minimum absolute atomic E-state index is 0.130. The van der Waals surface area contributed by atoms with Gasteiger partial charge in [0.15, 0.2) is 5.69 Å². The van der Waals surface area contributed by atoms with Crippen LogP contribution in [0.25, 0.3) is 0 Å². The zero-order valence-corrected chi connectivity index (χ0v) is 17.6. The Balaban J connectivity index is 1.35. The molecule has 1 amide bonds. The van der Waals surface area contributed by atoms with Crippen LogP contribution in [0.1, 0.15) is 54.7 Å². The molecule has 1 saturated heterocycles. The van der Waals surface area contributed by atoms with Crippen molar-refractivity contribution in [3.63, 3.8) is 0 Å². The highest BCUT2D eigenvalue weighted by Gasteiger charge is 2.45. The van der Waals surface area contributed by atoms with Gasteiger partial charge in [0, 0.05) is 24.7 Å². The van der Waals surface area contributed by atoms with Crippen molar-refractivity contribution >= 4 is 11.6 Å². The van der Waals surface area contributed by atoms with Gasteiger partial charge in [-0.2, -0.15) is 10.2 Å². The summed E-state index contributed by atoms with van der Waals surface area (Å²) in [5, 5.41) is 10.9. The summed E-state index contributed by atoms with van der Waals surface area (Å²) in [5.74, 6) is -1.99. The molecular formula is C22H27F2N5O2. The Labute approximate surface area is 180 Å². The van der Waals surface area contributed by atoms with Gasteiger partial charge in [-0.25, -0.2) is 13.8 Å². The van der Waals surface area contributed by atoms with Crippen LogP contribution >= 0.6 is 0 Å². The lowest BCUT2D eigenvalue weighted by atomic mass is 10.0. The Morgan fingerprint density at radius 1 is 1.32 bits per heavy atom. The first-order valence-electron chi connectivity index (χ1n) is 10.7. The fourth-order valence-corrected chi connectivity index (χ4v) is 3.52. The molecule has 3 heterocycles. The summed E-state index contributed by atoms with van der Waals surface area (Å²) in [6, 6.07) is 7.08. The molecule has 4 rings (SSSR count). The molecule has 31 heavy (non-hydrogen) atoms. The Kier molecular flexibility index (Phi) is 6.29. The molecule has 0 aromatic carbocycles. The third kappa shape index (κ3) is 5.65. The van der Waals surface area contributed by atoms with Crippen molar-refractivity contribution in [2.45, 2.75) is 44.4 Å². The Hall–Kier alpha value is -2.84. The number of carbonyl (C=O) groups is 1. The maximum atomic E-state index is 13.4. The number of pyridine rings is 1. The molecule has 0 unspecified atom stereocenters. The number of amides is 1. The van der Waals surface area contributed by atoms with Crippen molar-refractivity contribution in [1.29, 1.82) is 0 Å². The molecule has 2 aromatic rings. The van der Waals surface area contributed by atoms with E-state index in [2.05, 4.69) is 27.4 Å². The van der Waals surface area contributed by atoms with Crippen molar-refractivity contribution in [2.24, 2.45) is 5.92 Å². The third-order valence-corrected chi connectivity index (χ3v) is 5.61. The lowest BCUT2D eigenvalue weighted by Crippen LogP contribution is -2.57. The molecule has 0 radical (unpaired) electrons. The third-order valence-electron chi connectivity index (χ3n) is 5.61. The highest BCUT2D eigenvalue weighted by Crippen LogP contribution is 2.35. The van der Waals surface area contributed by atoms with Crippen molar-refractivity contribution in [2.75, 3.05) is 31.1 Å². The Bertz CT molecular complexity index is 900. The van der Waals surface area contributed by atoms with Crippen LogP contribution in [0.4, 0.5) is 14.5 Å². The standard InChI is InChI=1S/C22H27F2N5O2/c1-15(17-5-3-11-26-28-17)4-2-10-25-21(30)20-18(29-13-22(23,24)14-29)8-9-19(27-20)31-12-16-6-7-16/h3,5,8-9,11,15-16H,2,4,6-7,10,12-14H2,1H3,(H,25,30)/t15-/m0/s1. The first kappa shape index (κ1) is 21.4. The van der Waals surface area contributed by atoms with Crippen molar-refractivity contribution < 1.29 is 18.3 Å². The van der Waals surface area contributed by atoms with Gasteiger partial charge in [0.2, 0.25) is 5.88 Å². The number of nitrogens with zero attached hydrogens (tertiary/aromatic N) is 4. The van der Waals surface area contributed by atoms with E-state index in [4.69, 9.17) is 4.74 Å². The van der Waals surface area contributed by atoms with E-state index in [9.17, 15) is 13.6 Å². The number of carbonyl (C=O) groups excluding carboxylic acids is 1. The molecule has 1 N–H and O–H groups in total. The second-order valence-electron chi connectivity index (χ2n) is 8.43. The molecule has 7 nitrogen and oxygen atoms in total. The molecule has 1 saturated carbocycles. The Morgan fingerprint density at radius 3 is 2.81 bits per heavy atom. The summed E-state index contributed by atoms with van der Waals surface area (Å²) in [6.07, 6.45) is 5.50. The Morgan fingerprint density at radius 2 is 2.13 bits per heavy atom. The van der Waals surface area contributed by atoms with Gasteiger partial charge in [0.1, 0.15) is 0 Å². The molecule has 1 aliphatic heterocycles. The van der Waals surface area contributed by atoms with E-state index in [0.29, 0.717) is 30.6 Å². The fourth-order valence-electron chi connectivity index (χ4n) is 3.52. The van der Waals surface area contributed by atoms with Gasteiger partial charge in [0.05, 0.1) is 31.1 Å². The summed E-state index contributed by atoms with van der Waals surface area (Å²) in [5.41, 5.74) is 1.46. The summed E-state index contributed by atoms with van der Waals surface area (Å²) in [4.78, 5) is 18.6. The molecule has 2 aliphatic rings. The molecule has 0 bridgehead atoms. The normalized spacial score (nSPS) is 18.2. The van der Waals surface area contributed by atoms with Gasteiger partial charge < -0.3 is 15.0 Å². The lowest BCUT2D eigenvalue weighted by molar-refractivity contribution is -0.0263. The molecule has 166 valence electrons. The predicted octanol–water partition coefficient (Wildman–Crippen LogP) is 3.43. The maximum Gasteiger partial charge on any atom is 0.282 e. The number of nitrogens with one attached hydrogen (secondary N) is 1. The first-order chi connectivity index (χ1) is 14.9. The zero-order chi connectivity index (χ0) is 21.8. The number of anilines is 1. The van der Waals surface area contributed by atoms with Gasteiger partial charge in [-0.1, -0.05) is 6.92 Å². The summed E-state index contributed by atoms with van der Waals surface area (Å²) in [6.45, 7) is 2.26. The highest BCUT2D eigenvalue weighted by molar-refractivity contribution is 5.98. The van der Waals surface area contributed by atoms with E-state index in [1.807, 2.05) is 12.1 Å². The topological polar surface area (TPSA) is 80.2 Å². The van der Waals surface area contributed by atoms with Crippen molar-refractivity contribution in [3.05, 3.63) is 41.9 Å². The largest absolute Gasteiger partial charge is 0.477 e. The summed E-state index contributed by atoms with van der Waals surface area (Å²) >= 11 is 0. The van der Waals surface area contributed by atoms with Crippen molar-refractivity contribution in [1.82, 2.24) is 20.5 Å². The second kappa shape index (κ2) is 9.11. The molecule has 9 heteroatoms. The number of alkyl halides is 2. The average molecular weight is 431 g/mol. The number of aromatic nitrogens is 3. The first-order valence-corrected chi connectivity index (χ1v) is 10.7. The fraction of sp³-hybridized carbons (Fsp3) is 0.545.